The first-order chi connectivity index (χ1) is 8.97. The van der Waals surface area contributed by atoms with Gasteiger partial charge in [-0.2, -0.15) is 0 Å². The van der Waals surface area contributed by atoms with Crippen molar-refractivity contribution in [2.24, 2.45) is 0 Å². The Hall–Kier alpha value is -1.29. The van der Waals surface area contributed by atoms with Crippen LogP contribution in [0.1, 0.15) is 20.3 Å². The van der Waals surface area contributed by atoms with Crippen LogP contribution in [0.4, 0.5) is 15.8 Å². The highest BCUT2D eigenvalue weighted by atomic mass is 19.1. The molecule has 2 rings (SSSR count). The molecule has 0 bridgehead atoms. The van der Waals surface area contributed by atoms with Gasteiger partial charge in [0.25, 0.3) is 0 Å². The van der Waals surface area contributed by atoms with Gasteiger partial charge < -0.3 is 15.1 Å². The second kappa shape index (κ2) is 5.78. The maximum absolute atomic E-state index is 14.1. The first-order valence-electron chi connectivity index (χ1n) is 6.95. The van der Waals surface area contributed by atoms with Crippen molar-refractivity contribution in [2.45, 2.75) is 32.4 Å². The molecule has 1 unspecified atom stereocenters. The average molecular weight is 265 g/mol. The van der Waals surface area contributed by atoms with Crippen LogP contribution in [0.3, 0.4) is 0 Å². The van der Waals surface area contributed by atoms with Crippen LogP contribution in [0.2, 0.25) is 0 Å². The van der Waals surface area contributed by atoms with Crippen LogP contribution in [0.25, 0.3) is 0 Å². The normalized spacial score (nSPS) is 20.0. The Morgan fingerprint density at radius 3 is 2.68 bits per heavy atom. The summed E-state index contributed by atoms with van der Waals surface area (Å²) in [6.45, 7) is 6.24. The molecule has 106 valence electrons. The molecule has 1 aliphatic heterocycles. The average Bonchev–Trinajstić information content (AvgIpc) is 2.74. The largest absolute Gasteiger partial charge is 0.381 e. The highest BCUT2D eigenvalue weighted by Gasteiger charge is 2.19. The van der Waals surface area contributed by atoms with Crippen LogP contribution in [0, 0.1) is 5.82 Å². The Kier molecular flexibility index (Phi) is 4.30. The Morgan fingerprint density at radius 1 is 1.42 bits per heavy atom. The summed E-state index contributed by atoms with van der Waals surface area (Å²) in [7, 11) is 4.03. The second-order valence-corrected chi connectivity index (χ2v) is 5.76. The first-order valence-corrected chi connectivity index (χ1v) is 6.95. The molecule has 1 fully saturated rings. The van der Waals surface area contributed by atoms with Crippen molar-refractivity contribution in [2.75, 3.05) is 37.4 Å². The molecule has 3 nitrogen and oxygen atoms in total. The number of anilines is 2. The maximum atomic E-state index is 14.1. The highest BCUT2D eigenvalue weighted by Crippen LogP contribution is 2.24. The lowest BCUT2D eigenvalue weighted by molar-refractivity contribution is 0.414. The summed E-state index contributed by atoms with van der Waals surface area (Å²) in [5, 5.41) is 3.41. The van der Waals surface area contributed by atoms with Crippen molar-refractivity contribution >= 4 is 11.4 Å². The summed E-state index contributed by atoms with van der Waals surface area (Å²) >= 11 is 0. The smallest absolute Gasteiger partial charge is 0.148 e. The molecule has 0 aromatic heterocycles. The van der Waals surface area contributed by atoms with Gasteiger partial charge in [0.15, 0.2) is 0 Å². The third kappa shape index (κ3) is 3.38. The van der Waals surface area contributed by atoms with Gasteiger partial charge in [-0.15, -0.1) is 0 Å². The lowest BCUT2D eigenvalue weighted by Crippen LogP contribution is -2.27. The predicted octanol–water partition coefficient (Wildman–Crippen LogP) is 2.79. The van der Waals surface area contributed by atoms with Gasteiger partial charge >= 0.3 is 0 Å². The van der Waals surface area contributed by atoms with Crippen molar-refractivity contribution in [1.82, 2.24) is 4.90 Å². The van der Waals surface area contributed by atoms with Crippen molar-refractivity contribution in [3.05, 3.63) is 24.0 Å². The molecule has 0 saturated carbocycles. The summed E-state index contributed by atoms with van der Waals surface area (Å²) in [6.07, 6.45) is 1.12. The number of nitrogens with zero attached hydrogens (tertiary/aromatic N) is 2. The van der Waals surface area contributed by atoms with Crippen molar-refractivity contribution in [1.29, 1.82) is 0 Å². The Balaban J connectivity index is 2.06. The zero-order valence-electron chi connectivity index (χ0n) is 12.3. The van der Waals surface area contributed by atoms with Gasteiger partial charge in [0.2, 0.25) is 0 Å². The molecule has 1 aliphatic rings. The number of rotatable bonds is 4. The van der Waals surface area contributed by atoms with Crippen molar-refractivity contribution in [3.8, 4) is 0 Å². The first kappa shape index (κ1) is 14.1. The van der Waals surface area contributed by atoms with Crippen LogP contribution in [0.5, 0.6) is 0 Å². The van der Waals surface area contributed by atoms with Crippen LogP contribution < -0.4 is 10.2 Å². The van der Waals surface area contributed by atoms with E-state index in [2.05, 4.69) is 31.1 Å². The van der Waals surface area contributed by atoms with E-state index in [9.17, 15) is 4.39 Å². The molecule has 1 aromatic rings. The van der Waals surface area contributed by atoms with Crippen LogP contribution >= 0.6 is 0 Å². The third-order valence-corrected chi connectivity index (χ3v) is 3.86. The van der Waals surface area contributed by atoms with Crippen LogP contribution in [0.15, 0.2) is 18.2 Å². The number of halogens is 1. The van der Waals surface area contributed by atoms with E-state index in [4.69, 9.17) is 0 Å². The molecular formula is C15H24FN3. The van der Waals surface area contributed by atoms with Gasteiger partial charge in [0.05, 0.1) is 5.69 Å². The van der Waals surface area contributed by atoms with Gasteiger partial charge in [0, 0.05) is 31.4 Å². The van der Waals surface area contributed by atoms with Crippen LogP contribution in [-0.4, -0.2) is 44.2 Å². The van der Waals surface area contributed by atoms with Crippen LogP contribution in [-0.2, 0) is 0 Å². The van der Waals surface area contributed by atoms with E-state index in [-0.39, 0.29) is 11.9 Å². The van der Waals surface area contributed by atoms with E-state index in [1.807, 2.05) is 24.1 Å². The minimum absolute atomic E-state index is 0.160. The Labute approximate surface area is 115 Å². The van der Waals surface area contributed by atoms with Crippen molar-refractivity contribution < 1.29 is 4.39 Å². The zero-order chi connectivity index (χ0) is 14.0. The number of hydrogen-bond donors (Lipinski definition) is 1. The van der Waals surface area contributed by atoms with E-state index in [0.29, 0.717) is 11.7 Å². The molecule has 1 saturated heterocycles. The number of likely N-dealkylation sites (N-methyl/N-ethyl adjacent to an activating group) is 1. The summed E-state index contributed by atoms with van der Waals surface area (Å²) < 4.78 is 14.1. The molecule has 4 heteroatoms. The molecular weight excluding hydrogens is 241 g/mol. The lowest BCUT2D eigenvalue weighted by atomic mass is 10.2. The highest BCUT2D eigenvalue weighted by molar-refractivity contribution is 5.56. The molecule has 19 heavy (non-hydrogen) atoms. The molecule has 1 atom stereocenters. The summed E-state index contributed by atoms with van der Waals surface area (Å²) in [5.41, 5.74) is 1.53. The van der Waals surface area contributed by atoms with E-state index in [0.717, 1.165) is 25.2 Å². The molecule has 1 N–H and O–H groups in total. The monoisotopic (exact) mass is 265 g/mol. The number of likely N-dealkylation sites (tertiary alicyclic amines) is 1. The fourth-order valence-electron chi connectivity index (χ4n) is 2.45. The Bertz CT molecular complexity index is 433. The molecule has 0 amide bonds. The van der Waals surface area contributed by atoms with Crippen molar-refractivity contribution in [3.63, 3.8) is 0 Å². The molecule has 1 heterocycles. The quantitative estimate of drug-likeness (QED) is 0.903. The summed E-state index contributed by atoms with van der Waals surface area (Å²) in [6, 6.07) is 6.15. The fourth-order valence-corrected chi connectivity index (χ4v) is 2.45. The van der Waals surface area contributed by atoms with E-state index in [1.54, 1.807) is 6.07 Å². The summed E-state index contributed by atoms with van der Waals surface area (Å²) in [4.78, 5) is 4.23. The van der Waals surface area contributed by atoms with E-state index >= 15 is 0 Å². The van der Waals surface area contributed by atoms with Gasteiger partial charge in [0.1, 0.15) is 5.82 Å². The SMILES string of the molecule is CC(C)N(C)c1ccc(NC2CCN(C)C2)cc1F. The number of benzene rings is 1. The van der Waals surface area contributed by atoms with Gasteiger partial charge in [-0.1, -0.05) is 0 Å². The molecule has 0 aliphatic carbocycles. The van der Waals surface area contributed by atoms with E-state index < -0.39 is 0 Å². The zero-order valence-corrected chi connectivity index (χ0v) is 12.3. The second-order valence-electron chi connectivity index (χ2n) is 5.76. The predicted molar refractivity (Wildman–Crippen MR) is 79.5 cm³/mol. The maximum Gasteiger partial charge on any atom is 0.148 e. The standard InChI is InChI=1S/C15H24FN3/c1-11(2)19(4)15-6-5-12(9-14(15)16)17-13-7-8-18(3)10-13/h5-6,9,11,13,17H,7-8,10H2,1-4H3. The topological polar surface area (TPSA) is 18.5 Å². The minimum Gasteiger partial charge on any atom is -0.381 e. The number of hydrogen-bond acceptors (Lipinski definition) is 3. The van der Waals surface area contributed by atoms with Gasteiger partial charge in [-0.3, -0.25) is 0 Å². The fraction of sp³-hybridized carbons (Fsp3) is 0.600. The minimum atomic E-state index is -0.160. The van der Waals surface area contributed by atoms with E-state index in [1.165, 1.54) is 0 Å². The molecule has 1 aromatic carbocycles. The third-order valence-electron chi connectivity index (χ3n) is 3.86. The summed E-state index contributed by atoms with van der Waals surface area (Å²) in [5.74, 6) is -0.160. The Morgan fingerprint density at radius 2 is 2.16 bits per heavy atom. The van der Waals surface area contributed by atoms with Gasteiger partial charge in [-0.25, -0.2) is 4.39 Å². The number of nitrogens with one attached hydrogen (secondary N) is 1. The van der Waals surface area contributed by atoms with Gasteiger partial charge in [-0.05, 0) is 52.1 Å². The molecule has 0 radical (unpaired) electrons. The lowest BCUT2D eigenvalue weighted by Gasteiger charge is -2.25. The molecule has 0 spiro atoms.